The minimum atomic E-state index is -3.72. The van der Waals surface area contributed by atoms with Gasteiger partial charge in [0.2, 0.25) is 0 Å². The maximum absolute atomic E-state index is 12.6. The molecule has 0 unspecified atom stereocenters. The molecule has 0 aliphatic heterocycles. The van der Waals surface area contributed by atoms with E-state index < -0.39 is 10.0 Å². The van der Waals surface area contributed by atoms with Crippen LogP contribution in [0.25, 0.3) is 0 Å². The van der Waals surface area contributed by atoms with E-state index in [0.717, 1.165) is 11.1 Å². The van der Waals surface area contributed by atoms with Gasteiger partial charge in [-0.2, -0.15) is 0 Å². The van der Waals surface area contributed by atoms with Crippen LogP contribution in [0.2, 0.25) is 0 Å². The summed E-state index contributed by atoms with van der Waals surface area (Å²) in [4.78, 5) is 12.5. The lowest BCUT2D eigenvalue weighted by Crippen LogP contribution is -2.14. The summed E-state index contributed by atoms with van der Waals surface area (Å²) in [6, 6.07) is 18.6. The number of carbonyl (C=O) groups is 1. The van der Waals surface area contributed by atoms with Gasteiger partial charge < -0.3 is 5.32 Å². The van der Waals surface area contributed by atoms with Gasteiger partial charge in [0.25, 0.3) is 15.9 Å². The lowest BCUT2D eigenvalue weighted by atomic mass is 10.1. The fourth-order valence-electron chi connectivity index (χ4n) is 2.81. The van der Waals surface area contributed by atoms with Gasteiger partial charge in [-0.15, -0.1) is 0 Å². The van der Waals surface area contributed by atoms with E-state index in [2.05, 4.69) is 26.0 Å². The number of benzene rings is 3. The zero-order valence-electron chi connectivity index (χ0n) is 15.4. The predicted octanol–water partition coefficient (Wildman–Crippen LogP) is 5.12. The molecule has 0 aromatic heterocycles. The van der Waals surface area contributed by atoms with Gasteiger partial charge in [0.05, 0.1) is 10.5 Å². The maximum Gasteiger partial charge on any atom is 0.261 e. The van der Waals surface area contributed by atoms with Gasteiger partial charge in [-0.1, -0.05) is 18.2 Å². The summed E-state index contributed by atoms with van der Waals surface area (Å²) < 4.78 is 28.5. The molecule has 0 saturated carbocycles. The molecule has 3 aromatic carbocycles. The highest BCUT2D eigenvalue weighted by Gasteiger charge is 2.15. The van der Waals surface area contributed by atoms with E-state index in [1.165, 1.54) is 12.1 Å². The third kappa shape index (κ3) is 4.79. The van der Waals surface area contributed by atoms with Crippen molar-refractivity contribution < 1.29 is 13.2 Å². The monoisotopic (exact) mass is 458 g/mol. The van der Waals surface area contributed by atoms with Crippen LogP contribution in [0.3, 0.4) is 0 Å². The molecule has 144 valence electrons. The van der Waals surface area contributed by atoms with E-state index in [0.29, 0.717) is 21.4 Å². The summed E-state index contributed by atoms with van der Waals surface area (Å²) in [5.74, 6) is -0.281. The summed E-state index contributed by atoms with van der Waals surface area (Å²) >= 11 is 3.34. The van der Waals surface area contributed by atoms with E-state index in [4.69, 9.17) is 0 Å². The molecule has 0 atom stereocenters. The molecule has 28 heavy (non-hydrogen) atoms. The molecule has 0 saturated heterocycles. The lowest BCUT2D eigenvalue weighted by Gasteiger charge is -2.11. The molecule has 0 radical (unpaired) electrons. The van der Waals surface area contributed by atoms with Crippen LogP contribution < -0.4 is 10.0 Å². The first kappa shape index (κ1) is 20.1. The van der Waals surface area contributed by atoms with Crippen molar-refractivity contribution in [2.75, 3.05) is 10.0 Å². The number of halogens is 1. The van der Waals surface area contributed by atoms with E-state index in [1.807, 2.05) is 26.0 Å². The van der Waals surface area contributed by atoms with Gasteiger partial charge in [-0.05, 0) is 89.4 Å². The quantitative estimate of drug-likeness (QED) is 0.556. The first-order chi connectivity index (χ1) is 13.2. The smallest absolute Gasteiger partial charge is 0.261 e. The Bertz CT molecular complexity index is 1110. The van der Waals surface area contributed by atoms with Gasteiger partial charge in [0.15, 0.2) is 0 Å². The van der Waals surface area contributed by atoms with Crippen molar-refractivity contribution in [2.45, 2.75) is 18.7 Å². The molecular formula is C21H19BrN2O3S. The van der Waals surface area contributed by atoms with Crippen molar-refractivity contribution in [2.24, 2.45) is 0 Å². The lowest BCUT2D eigenvalue weighted by molar-refractivity contribution is 0.102. The average Bonchev–Trinajstić information content (AvgIpc) is 2.61. The Kier molecular flexibility index (Phi) is 5.86. The second-order valence-electron chi connectivity index (χ2n) is 6.44. The summed E-state index contributed by atoms with van der Waals surface area (Å²) in [7, 11) is -3.72. The second kappa shape index (κ2) is 8.16. The Morgan fingerprint density at radius 1 is 0.857 bits per heavy atom. The van der Waals surface area contributed by atoms with Crippen LogP contribution in [0.5, 0.6) is 0 Å². The fraction of sp³-hybridized carbons (Fsp3) is 0.0952. The Balaban J connectivity index is 1.76. The SMILES string of the molecule is Cc1cc(C)cc(NS(=O)(=O)c2ccc(NC(=O)c3ccccc3Br)cc2)c1. The van der Waals surface area contributed by atoms with Crippen LogP contribution in [0.15, 0.2) is 76.1 Å². The van der Waals surface area contributed by atoms with Crippen LogP contribution in [0.1, 0.15) is 21.5 Å². The number of aryl methyl sites for hydroxylation is 2. The van der Waals surface area contributed by atoms with Crippen molar-refractivity contribution in [3.63, 3.8) is 0 Å². The zero-order valence-corrected chi connectivity index (χ0v) is 17.8. The number of anilines is 2. The summed E-state index contributed by atoms with van der Waals surface area (Å²) in [5.41, 5.74) is 3.47. The zero-order chi connectivity index (χ0) is 20.3. The maximum atomic E-state index is 12.6. The minimum absolute atomic E-state index is 0.116. The second-order valence-corrected chi connectivity index (χ2v) is 8.98. The Morgan fingerprint density at radius 2 is 1.46 bits per heavy atom. The molecule has 2 N–H and O–H groups in total. The van der Waals surface area contributed by atoms with Gasteiger partial charge >= 0.3 is 0 Å². The van der Waals surface area contributed by atoms with E-state index in [-0.39, 0.29) is 10.8 Å². The number of amides is 1. The fourth-order valence-corrected chi connectivity index (χ4v) is 4.31. The van der Waals surface area contributed by atoms with Crippen molar-refractivity contribution in [1.82, 2.24) is 0 Å². The Morgan fingerprint density at radius 3 is 2.07 bits per heavy atom. The summed E-state index contributed by atoms with van der Waals surface area (Å²) in [6.45, 7) is 3.82. The number of carbonyl (C=O) groups excluding carboxylic acids is 1. The molecule has 0 aliphatic carbocycles. The van der Waals surface area contributed by atoms with Crippen LogP contribution in [-0.4, -0.2) is 14.3 Å². The van der Waals surface area contributed by atoms with Crippen molar-refractivity contribution in [1.29, 1.82) is 0 Å². The third-order valence-electron chi connectivity index (χ3n) is 4.01. The standard InChI is InChI=1S/C21H19BrN2O3S/c1-14-11-15(2)13-17(12-14)24-28(26,27)18-9-7-16(8-10-18)23-21(25)19-5-3-4-6-20(19)22/h3-13,24H,1-2H3,(H,23,25). The summed E-state index contributed by atoms with van der Waals surface area (Å²) in [5, 5.41) is 2.76. The van der Waals surface area contributed by atoms with Gasteiger partial charge in [0, 0.05) is 15.8 Å². The van der Waals surface area contributed by atoms with Gasteiger partial charge in [-0.3, -0.25) is 9.52 Å². The largest absolute Gasteiger partial charge is 0.322 e. The highest BCUT2D eigenvalue weighted by atomic mass is 79.9. The number of rotatable bonds is 5. The highest BCUT2D eigenvalue weighted by Crippen LogP contribution is 2.22. The summed E-state index contributed by atoms with van der Waals surface area (Å²) in [6.07, 6.45) is 0. The van der Waals surface area contributed by atoms with E-state index in [9.17, 15) is 13.2 Å². The van der Waals surface area contributed by atoms with Crippen molar-refractivity contribution in [3.05, 3.63) is 87.9 Å². The molecule has 0 aliphatic rings. The number of hydrogen-bond donors (Lipinski definition) is 2. The Labute approximate surface area is 173 Å². The van der Waals surface area contributed by atoms with Crippen LogP contribution >= 0.6 is 15.9 Å². The first-order valence-electron chi connectivity index (χ1n) is 8.52. The third-order valence-corrected chi connectivity index (χ3v) is 6.10. The van der Waals surface area contributed by atoms with Gasteiger partial charge in [0.1, 0.15) is 0 Å². The average molecular weight is 459 g/mol. The number of sulfonamides is 1. The predicted molar refractivity (Wildman–Crippen MR) is 115 cm³/mol. The molecule has 7 heteroatoms. The minimum Gasteiger partial charge on any atom is -0.322 e. The number of hydrogen-bond acceptors (Lipinski definition) is 3. The Hall–Kier alpha value is -2.64. The normalized spacial score (nSPS) is 11.1. The molecule has 3 rings (SSSR count). The molecule has 3 aromatic rings. The van der Waals surface area contributed by atoms with Crippen LogP contribution in [-0.2, 0) is 10.0 Å². The van der Waals surface area contributed by atoms with E-state index >= 15 is 0 Å². The highest BCUT2D eigenvalue weighted by molar-refractivity contribution is 9.10. The number of nitrogens with one attached hydrogen (secondary N) is 2. The van der Waals surface area contributed by atoms with E-state index in [1.54, 1.807) is 42.5 Å². The molecule has 0 bridgehead atoms. The molecule has 0 spiro atoms. The van der Waals surface area contributed by atoms with Crippen molar-refractivity contribution >= 4 is 43.2 Å². The molecule has 0 fully saturated rings. The molecule has 1 amide bonds. The van der Waals surface area contributed by atoms with Crippen LogP contribution in [0.4, 0.5) is 11.4 Å². The van der Waals surface area contributed by atoms with Crippen molar-refractivity contribution in [3.8, 4) is 0 Å². The topological polar surface area (TPSA) is 75.3 Å². The first-order valence-corrected chi connectivity index (χ1v) is 10.8. The van der Waals surface area contributed by atoms with Crippen LogP contribution in [0, 0.1) is 13.8 Å². The van der Waals surface area contributed by atoms with Gasteiger partial charge in [-0.25, -0.2) is 8.42 Å². The molecular weight excluding hydrogens is 440 g/mol. The molecule has 5 nitrogen and oxygen atoms in total. The molecule has 0 heterocycles.